The lowest BCUT2D eigenvalue weighted by atomic mass is 10.1. The summed E-state index contributed by atoms with van der Waals surface area (Å²) in [4.78, 5) is 19.9. The van der Waals surface area contributed by atoms with E-state index in [1.807, 2.05) is 23.7 Å². The highest BCUT2D eigenvalue weighted by Gasteiger charge is 2.16. The van der Waals surface area contributed by atoms with Gasteiger partial charge in [-0.15, -0.1) is 11.3 Å². The van der Waals surface area contributed by atoms with Gasteiger partial charge in [-0.05, 0) is 49.4 Å². The second kappa shape index (κ2) is 6.06. The van der Waals surface area contributed by atoms with Crippen LogP contribution in [0.3, 0.4) is 0 Å². The molecule has 3 nitrogen and oxygen atoms in total. The Kier molecular flexibility index (Phi) is 3.91. The molecular weight excluding hydrogens is 324 g/mol. The molecule has 1 aliphatic rings. The SMILES string of the molecule is Cn1c(=NC(=O)c2cc3c(s2)CCCCC3)sc2ccccc21. The average Bonchev–Trinajstić information content (AvgIpc) is 3.02. The Hall–Kier alpha value is -1.72. The van der Waals surface area contributed by atoms with E-state index in [2.05, 4.69) is 23.2 Å². The molecule has 2 heterocycles. The largest absolute Gasteiger partial charge is 0.319 e. The van der Waals surface area contributed by atoms with Crippen molar-refractivity contribution in [2.75, 3.05) is 0 Å². The molecule has 0 unspecified atom stereocenters. The molecule has 118 valence electrons. The van der Waals surface area contributed by atoms with Crippen molar-refractivity contribution >= 4 is 38.8 Å². The second-order valence-corrected chi connectivity index (χ2v) is 8.09. The average molecular weight is 342 g/mol. The predicted molar refractivity (Wildman–Crippen MR) is 96.3 cm³/mol. The third-order valence-corrected chi connectivity index (χ3v) is 6.71. The van der Waals surface area contributed by atoms with Crippen LogP contribution >= 0.6 is 22.7 Å². The van der Waals surface area contributed by atoms with Crippen molar-refractivity contribution < 1.29 is 4.79 Å². The van der Waals surface area contributed by atoms with Crippen molar-refractivity contribution in [2.24, 2.45) is 12.0 Å². The standard InChI is InChI=1S/C18H18N2OS2/c1-20-13-8-5-6-10-15(13)23-18(20)19-17(21)16-11-12-7-3-2-4-9-14(12)22-16/h5-6,8,10-11H,2-4,7,9H2,1H3. The van der Waals surface area contributed by atoms with E-state index < -0.39 is 0 Å². The molecular formula is C18H18N2OS2. The first-order valence-electron chi connectivity index (χ1n) is 7.97. The van der Waals surface area contributed by atoms with E-state index in [-0.39, 0.29) is 5.91 Å². The number of amides is 1. The van der Waals surface area contributed by atoms with Crippen LogP contribution in [0.1, 0.15) is 39.4 Å². The Morgan fingerprint density at radius 1 is 1.13 bits per heavy atom. The first kappa shape index (κ1) is 14.8. The van der Waals surface area contributed by atoms with Gasteiger partial charge in [-0.2, -0.15) is 4.99 Å². The molecule has 3 aromatic rings. The molecule has 23 heavy (non-hydrogen) atoms. The Bertz CT molecular complexity index is 922. The van der Waals surface area contributed by atoms with Crippen molar-refractivity contribution in [1.82, 2.24) is 4.57 Å². The molecule has 0 bridgehead atoms. The molecule has 2 aromatic heterocycles. The number of para-hydroxylation sites is 1. The summed E-state index contributed by atoms with van der Waals surface area (Å²) in [6, 6.07) is 10.2. The minimum atomic E-state index is -0.106. The molecule has 1 aromatic carbocycles. The van der Waals surface area contributed by atoms with Crippen LogP contribution in [-0.2, 0) is 19.9 Å². The van der Waals surface area contributed by atoms with Crippen molar-refractivity contribution in [3.63, 3.8) is 0 Å². The lowest BCUT2D eigenvalue weighted by Gasteiger charge is -1.94. The minimum Gasteiger partial charge on any atom is -0.319 e. The highest BCUT2D eigenvalue weighted by Crippen LogP contribution is 2.29. The molecule has 0 fully saturated rings. The lowest BCUT2D eigenvalue weighted by molar-refractivity contribution is 0.100. The summed E-state index contributed by atoms with van der Waals surface area (Å²) in [5, 5.41) is 0. The smallest absolute Gasteiger partial charge is 0.289 e. The Morgan fingerprint density at radius 3 is 2.83 bits per heavy atom. The van der Waals surface area contributed by atoms with Gasteiger partial charge in [-0.3, -0.25) is 4.79 Å². The zero-order valence-corrected chi connectivity index (χ0v) is 14.7. The van der Waals surface area contributed by atoms with E-state index in [1.165, 1.54) is 29.7 Å². The fourth-order valence-electron chi connectivity index (χ4n) is 3.10. The van der Waals surface area contributed by atoms with E-state index in [1.54, 1.807) is 22.7 Å². The van der Waals surface area contributed by atoms with Gasteiger partial charge in [0.25, 0.3) is 5.91 Å². The van der Waals surface area contributed by atoms with Gasteiger partial charge in [0.15, 0.2) is 4.80 Å². The number of thiophene rings is 1. The molecule has 0 atom stereocenters. The van der Waals surface area contributed by atoms with Crippen LogP contribution in [-0.4, -0.2) is 10.5 Å². The Labute approximate surface area is 142 Å². The van der Waals surface area contributed by atoms with Gasteiger partial charge in [0.2, 0.25) is 0 Å². The number of nitrogens with zero attached hydrogens (tertiary/aromatic N) is 2. The number of carbonyl (C=O) groups excluding carboxylic acids is 1. The number of hydrogen-bond donors (Lipinski definition) is 0. The fourth-order valence-corrected chi connectivity index (χ4v) is 5.26. The maximum Gasteiger partial charge on any atom is 0.289 e. The van der Waals surface area contributed by atoms with Gasteiger partial charge in [0.1, 0.15) is 0 Å². The highest BCUT2D eigenvalue weighted by atomic mass is 32.1. The van der Waals surface area contributed by atoms with Crippen LogP contribution in [0.15, 0.2) is 35.3 Å². The molecule has 0 radical (unpaired) electrons. The van der Waals surface area contributed by atoms with Crippen molar-refractivity contribution in [1.29, 1.82) is 0 Å². The number of fused-ring (bicyclic) bond motifs is 2. The second-order valence-electron chi connectivity index (χ2n) is 5.95. The van der Waals surface area contributed by atoms with Crippen LogP contribution in [0, 0.1) is 0 Å². The van der Waals surface area contributed by atoms with E-state index >= 15 is 0 Å². The number of aryl methyl sites for hydroxylation is 3. The van der Waals surface area contributed by atoms with Crippen LogP contribution in [0.5, 0.6) is 0 Å². The maximum atomic E-state index is 12.6. The minimum absolute atomic E-state index is 0.106. The van der Waals surface area contributed by atoms with Crippen LogP contribution < -0.4 is 4.80 Å². The number of benzene rings is 1. The summed E-state index contributed by atoms with van der Waals surface area (Å²) in [6.07, 6.45) is 6.00. The highest BCUT2D eigenvalue weighted by molar-refractivity contribution is 7.16. The number of thiazole rings is 1. The van der Waals surface area contributed by atoms with Gasteiger partial charge < -0.3 is 4.57 Å². The van der Waals surface area contributed by atoms with Gasteiger partial charge >= 0.3 is 0 Å². The zero-order chi connectivity index (χ0) is 15.8. The van der Waals surface area contributed by atoms with Crippen LogP contribution in [0.2, 0.25) is 0 Å². The van der Waals surface area contributed by atoms with E-state index in [0.717, 1.165) is 32.7 Å². The molecule has 5 heteroatoms. The van der Waals surface area contributed by atoms with E-state index in [0.29, 0.717) is 0 Å². The number of carbonyl (C=O) groups is 1. The molecule has 0 N–H and O–H groups in total. The predicted octanol–water partition coefficient (Wildman–Crippen LogP) is 4.31. The molecule has 4 rings (SSSR count). The van der Waals surface area contributed by atoms with Gasteiger partial charge in [-0.25, -0.2) is 0 Å². The van der Waals surface area contributed by atoms with Crippen molar-refractivity contribution in [3.8, 4) is 0 Å². The zero-order valence-electron chi connectivity index (χ0n) is 13.0. The summed E-state index contributed by atoms with van der Waals surface area (Å²) in [6.45, 7) is 0. The van der Waals surface area contributed by atoms with Crippen LogP contribution in [0.25, 0.3) is 10.2 Å². The number of hydrogen-bond acceptors (Lipinski definition) is 3. The van der Waals surface area contributed by atoms with Gasteiger partial charge in [0.05, 0.1) is 15.1 Å². The normalized spacial score (nSPS) is 15.6. The third-order valence-electron chi connectivity index (χ3n) is 4.37. The molecule has 1 aliphatic carbocycles. The lowest BCUT2D eigenvalue weighted by Crippen LogP contribution is -2.12. The Balaban J connectivity index is 1.72. The molecule has 0 saturated carbocycles. The molecule has 0 saturated heterocycles. The first-order valence-corrected chi connectivity index (χ1v) is 9.61. The van der Waals surface area contributed by atoms with Gasteiger partial charge in [-0.1, -0.05) is 29.9 Å². The third kappa shape index (κ3) is 2.79. The quantitative estimate of drug-likeness (QED) is 0.607. The fraction of sp³-hybridized carbons (Fsp3) is 0.333. The van der Waals surface area contributed by atoms with Crippen LogP contribution in [0.4, 0.5) is 0 Å². The number of rotatable bonds is 1. The van der Waals surface area contributed by atoms with Crippen molar-refractivity contribution in [3.05, 3.63) is 50.5 Å². The molecule has 0 aliphatic heterocycles. The maximum absolute atomic E-state index is 12.6. The van der Waals surface area contributed by atoms with Gasteiger partial charge in [0, 0.05) is 11.9 Å². The summed E-state index contributed by atoms with van der Waals surface area (Å²) in [5.74, 6) is -0.106. The molecule has 1 amide bonds. The summed E-state index contributed by atoms with van der Waals surface area (Å²) < 4.78 is 3.15. The topological polar surface area (TPSA) is 34.4 Å². The van der Waals surface area contributed by atoms with E-state index in [4.69, 9.17) is 0 Å². The Morgan fingerprint density at radius 2 is 1.96 bits per heavy atom. The monoisotopic (exact) mass is 342 g/mol. The summed E-state index contributed by atoms with van der Waals surface area (Å²) in [7, 11) is 1.97. The number of aromatic nitrogens is 1. The summed E-state index contributed by atoms with van der Waals surface area (Å²) >= 11 is 3.21. The van der Waals surface area contributed by atoms with E-state index in [9.17, 15) is 4.79 Å². The van der Waals surface area contributed by atoms with Crippen molar-refractivity contribution in [2.45, 2.75) is 32.1 Å². The summed E-state index contributed by atoms with van der Waals surface area (Å²) in [5.41, 5.74) is 2.48. The first-order chi connectivity index (χ1) is 11.2. The molecule has 0 spiro atoms.